The summed E-state index contributed by atoms with van der Waals surface area (Å²) in [5.74, 6) is -4.57. The number of hydrogen-bond donors (Lipinski definition) is 3. The second-order valence-corrected chi connectivity index (χ2v) is 7.52. The van der Waals surface area contributed by atoms with Crippen molar-refractivity contribution in [2.24, 2.45) is 0 Å². The lowest BCUT2D eigenvalue weighted by Crippen LogP contribution is -2.56. The molecule has 0 aromatic heterocycles. The van der Waals surface area contributed by atoms with Gasteiger partial charge in [-0.1, -0.05) is 0 Å². The topological polar surface area (TPSA) is 138 Å². The Kier molecular flexibility index (Phi) is 4.81. The fourth-order valence-electron chi connectivity index (χ4n) is 3.28. The van der Waals surface area contributed by atoms with Gasteiger partial charge in [-0.25, -0.2) is 19.1 Å². The maximum Gasteiger partial charge on any atom is 0.418 e. The summed E-state index contributed by atoms with van der Waals surface area (Å²) in [5.41, 5.74) is 2.09. The van der Waals surface area contributed by atoms with Gasteiger partial charge in [0.25, 0.3) is 11.8 Å². The first kappa shape index (κ1) is 19.2. The summed E-state index contributed by atoms with van der Waals surface area (Å²) >= 11 is 0. The van der Waals surface area contributed by atoms with Crippen LogP contribution in [0.25, 0.3) is 0 Å². The summed E-state index contributed by atoms with van der Waals surface area (Å²) in [6, 6.07) is -4.60. The second kappa shape index (κ2) is 6.53. The molecular formula is C12H18F2N4O7S. The van der Waals surface area contributed by atoms with E-state index in [1.165, 1.54) is 0 Å². The third-order valence-electron chi connectivity index (χ3n) is 4.53. The molecule has 3 aliphatic rings. The Bertz CT molecular complexity index is 706. The van der Waals surface area contributed by atoms with Crippen LogP contribution < -0.4 is 10.8 Å². The summed E-state index contributed by atoms with van der Waals surface area (Å²) in [6.45, 7) is 1.75. The van der Waals surface area contributed by atoms with E-state index in [1.54, 1.807) is 0 Å². The molecule has 3 saturated heterocycles. The van der Waals surface area contributed by atoms with Crippen LogP contribution >= 0.6 is 0 Å². The van der Waals surface area contributed by atoms with Gasteiger partial charge in [0.1, 0.15) is 12.1 Å². The van der Waals surface area contributed by atoms with E-state index in [1.807, 2.05) is 6.92 Å². The van der Waals surface area contributed by atoms with Crippen molar-refractivity contribution < 1.29 is 40.5 Å². The zero-order chi connectivity index (χ0) is 19.3. The Morgan fingerprint density at radius 3 is 2.73 bits per heavy atom. The van der Waals surface area contributed by atoms with E-state index in [0.29, 0.717) is 13.0 Å². The lowest BCUT2D eigenvalue weighted by atomic mass is 9.96. The van der Waals surface area contributed by atoms with E-state index in [9.17, 15) is 26.8 Å². The first-order chi connectivity index (χ1) is 12.0. The van der Waals surface area contributed by atoms with Crippen LogP contribution in [0.2, 0.25) is 0 Å². The summed E-state index contributed by atoms with van der Waals surface area (Å²) in [6.07, 6.45) is -0.759. The highest BCUT2D eigenvalue weighted by Gasteiger charge is 2.62. The van der Waals surface area contributed by atoms with Crippen LogP contribution in [0.5, 0.6) is 0 Å². The largest absolute Gasteiger partial charge is 0.418 e. The minimum atomic E-state index is -5.18. The number of fused-ring (bicyclic) bond motifs is 2. The predicted molar refractivity (Wildman–Crippen MR) is 78.8 cm³/mol. The van der Waals surface area contributed by atoms with Gasteiger partial charge in [-0.05, 0) is 13.3 Å². The number of piperidine rings is 1. The van der Waals surface area contributed by atoms with E-state index < -0.39 is 53.3 Å². The molecular weight excluding hydrogens is 382 g/mol. The van der Waals surface area contributed by atoms with Gasteiger partial charge >= 0.3 is 16.4 Å². The highest BCUT2D eigenvalue weighted by atomic mass is 32.3. The van der Waals surface area contributed by atoms with E-state index in [4.69, 9.17) is 9.39 Å². The molecule has 0 spiro atoms. The maximum atomic E-state index is 14.3. The van der Waals surface area contributed by atoms with Gasteiger partial charge in [0.2, 0.25) is 0 Å². The van der Waals surface area contributed by atoms with E-state index in [0.717, 1.165) is 4.90 Å². The monoisotopic (exact) mass is 400 g/mol. The van der Waals surface area contributed by atoms with Crippen LogP contribution in [0.15, 0.2) is 0 Å². The molecule has 0 aliphatic carbocycles. The maximum absolute atomic E-state index is 14.3. The number of halogens is 2. The minimum absolute atomic E-state index is 0.119. The lowest BCUT2D eigenvalue weighted by molar-refractivity contribution is -0.161. The van der Waals surface area contributed by atoms with Crippen molar-refractivity contribution >= 4 is 22.3 Å². The van der Waals surface area contributed by atoms with E-state index in [-0.39, 0.29) is 17.2 Å². The number of hydroxylamine groups is 3. The first-order valence-corrected chi connectivity index (χ1v) is 9.18. The molecule has 26 heavy (non-hydrogen) atoms. The fraction of sp³-hybridized carbons (Fsp3) is 0.833. The van der Waals surface area contributed by atoms with Crippen LogP contribution in [0.4, 0.5) is 13.6 Å². The molecule has 4 atom stereocenters. The standard InChI is InChI=1S/C12H18F2N4O7S/c1-6-2-7(4-15-6)24-16-10(19)8-3-12(13,14)9-5-17(8)11(20)18(9)25-26(21,22)23/h6-9,15H,2-5H2,1H3,(H,16,19)(H,21,22,23)/t6?,7?,8-,9-/m0/s1. The number of hydrogen-bond acceptors (Lipinski definition) is 7. The highest BCUT2D eigenvalue weighted by molar-refractivity contribution is 7.80. The summed E-state index contributed by atoms with van der Waals surface area (Å²) in [4.78, 5) is 30.3. The third-order valence-corrected chi connectivity index (χ3v) is 4.88. The number of carbonyl (C=O) groups is 2. The first-order valence-electron chi connectivity index (χ1n) is 7.81. The summed E-state index contributed by atoms with van der Waals surface area (Å²) in [5, 5.41) is 2.96. The Morgan fingerprint density at radius 1 is 1.46 bits per heavy atom. The average molecular weight is 400 g/mol. The zero-order valence-electron chi connectivity index (χ0n) is 13.6. The van der Waals surface area contributed by atoms with Gasteiger partial charge in [-0.15, -0.1) is 4.28 Å². The van der Waals surface area contributed by atoms with Crippen molar-refractivity contribution in [3.63, 3.8) is 0 Å². The minimum Gasteiger partial charge on any atom is -0.311 e. The Labute approximate surface area is 147 Å². The van der Waals surface area contributed by atoms with Crippen molar-refractivity contribution in [2.75, 3.05) is 13.1 Å². The molecule has 148 valence electrons. The number of alkyl halides is 2. The van der Waals surface area contributed by atoms with Gasteiger partial charge in [0.05, 0.1) is 12.6 Å². The van der Waals surface area contributed by atoms with Crippen molar-refractivity contribution in [3.8, 4) is 0 Å². The lowest BCUT2D eigenvalue weighted by Gasteiger charge is -2.34. The number of amides is 3. The Hall–Kier alpha value is -1.61. The number of nitrogens with zero attached hydrogens (tertiary/aromatic N) is 2. The van der Waals surface area contributed by atoms with Crippen molar-refractivity contribution in [3.05, 3.63) is 0 Å². The molecule has 2 unspecified atom stereocenters. The van der Waals surface area contributed by atoms with Crippen molar-refractivity contribution in [1.29, 1.82) is 0 Å². The molecule has 14 heteroatoms. The van der Waals surface area contributed by atoms with Crippen LogP contribution in [0.1, 0.15) is 19.8 Å². The molecule has 3 fully saturated rings. The highest BCUT2D eigenvalue weighted by Crippen LogP contribution is 2.41. The number of carbonyl (C=O) groups excluding carboxylic acids is 2. The third kappa shape index (κ3) is 3.73. The quantitative estimate of drug-likeness (QED) is 0.396. The van der Waals surface area contributed by atoms with E-state index >= 15 is 0 Å². The predicted octanol–water partition coefficient (Wildman–Crippen LogP) is -0.967. The molecule has 3 aliphatic heterocycles. The molecule has 11 nitrogen and oxygen atoms in total. The van der Waals surface area contributed by atoms with Crippen molar-refractivity contribution in [2.45, 2.75) is 49.9 Å². The SMILES string of the molecule is CC1CC(ONC(=O)[C@@H]2CC(F)(F)[C@@H]3CN2C(=O)N3OS(=O)(=O)O)CN1. The molecule has 0 saturated carbocycles. The smallest absolute Gasteiger partial charge is 0.311 e. The van der Waals surface area contributed by atoms with E-state index in [2.05, 4.69) is 15.1 Å². The number of rotatable bonds is 5. The van der Waals surface area contributed by atoms with Gasteiger partial charge in [-0.3, -0.25) is 14.2 Å². The number of urea groups is 1. The molecule has 0 radical (unpaired) electrons. The molecule has 0 aromatic rings. The van der Waals surface area contributed by atoms with Crippen LogP contribution in [-0.4, -0.2) is 78.1 Å². The van der Waals surface area contributed by atoms with Gasteiger partial charge in [0, 0.05) is 19.0 Å². The van der Waals surface area contributed by atoms with Crippen LogP contribution in [0.3, 0.4) is 0 Å². The van der Waals surface area contributed by atoms with Crippen molar-refractivity contribution in [1.82, 2.24) is 20.8 Å². The van der Waals surface area contributed by atoms with Gasteiger partial charge in [0.15, 0.2) is 0 Å². The number of nitrogens with one attached hydrogen (secondary N) is 2. The molecule has 0 aromatic carbocycles. The molecule has 2 bridgehead atoms. The Morgan fingerprint density at radius 2 is 2.15 bits per heavy atom. The average Bonchev–Trinajstić information content (AvgIpc) is 3.05. The van der Waals surface area contributed by atoms with Gasteiger partial charge < -0.3 is 10.2 Å². The normalized spacial score (nSPS) is 33.6. The summed E-state index contributed by atoms with van der Waals surface area (Å²) < 4.78 is 62.8. The molecule has 3 heterocycles. The molecule has 3 N–H and O–H groups in total. The fourth-order valence-corrected chi connectivity index (χ4v) is 3.65. The second-order valence-electron chi connectivity index (χ2n) is 6.51. The Balaban J connectivity index is 1.70. The van der Waals surface area contributed by atoms with Crippen LogP contribution in [0, 0.1) is 0 Å². The van der Waals surface area contributed by atoms with Gasteiger partial charge in [-0.2, -0.15) is 13.5 Å². The molecule has 3 amide bonds. The molecule has 3 rings (SSSR count). The van der Waals surface area contributed by atoms with Crippen LogP contribution in [-0.2, 0) is 24.3 Å². The zero-order valence-corrected chi connectivity index (χ0v) is 14.4. The summed E-state index contributed by atoms with van der Waals surface area (Å²) in [7, 11) is -5.18.